The van der Waals surface area contributed by atoms with Crippen molar-refractivity contribution in [2.45, 2.75) is 39.1 Å². The molecule has 0 N–H and O–H groups in total. The number of ether oxygens (including phenoxy) is 1. The van der Waals surface area contributed by atoms with E-state index < -0.39 is 0 Å². The predicted molar refractivity (Wildman–Crippen MR) is 121 cm³/mol. The van der Waals surface area contributed by atoms with Crippen molar-refractivity contribution < 1.29 is 4.74 Å². The highest BCUT2D eigenvalue weighted by Crippen LogP contribution is 2.17. The number of benzene rings is 1. The third-order valence-corrected chi connectivity index (χ3v) is 5.69. The summed E-state index contributed by atoms with van der Waals surface area (Å²) < 4.78 is 10.4. The quantitative estimate of drug-likeness (QED) is 0.625. The number of morpholine rings is 1. The first-order chi connectivity index (χ1) is 14.8. The Morgan fingerprint density at radius 2 is 1.74 bits per heavy atom. The number of aryl methyl sites for hydroxylation is 1. The molecule has 0 aliphatic carbocycles. The van der Waals surface area contributed by atoms with Crippen molar-refractivity contribution in [3.8, 4) is 0 Å². The Balaban J connectivity index is 1.76. The third kappa shape index (κ3) is 4.26. The number of allylic oxidation sites excluding steroid dienone is 1. The van der Waals surface area contributed by atoms with E-state index in [2.05, 4.69) is 18.7 Å². The Hall–Kier alpha value is -2.97. The number of hydrogen-bond donors (Lipinski definition) is 0. The lowest BCUT2D eigenvalue weighted by Gasteiger charge is -2.35. The van der Waals surface area contributed by atoms with Crippen LogP contribution >= 0.6 is 0 Å². The lowest BCUT2D eigenvalue weighted by molar-refractivity contribution is -0.0712. The number of fused-ring (bicyclic) bond motifs is 1. The highest BCUT2D eigenvalue weighted by molar-refractivity contribution is 5.71. The second-order valence-electron chi connectivity index (χ2n) is 8.28. The van der Waals surface area contributed by atoms with Gasteiger partial charge in [0.15, 0.2) is 11.2 Å². The molecule has 3 aromatic rings. The minimum atomic E-state index is -0.373. The Morgan fingerprint density at radius 1 is 1.06 bits per heavy atom. The van der Waals surface area contributed by atoms with Crippen molar-refractivity contribution in [3.05, 3.63) is 68.6 Å². The molecule has 2 atom stereocenters. The van der Waals surface area contributed by atoms with Crippen molar-refractivity contribution in [1.29, 1.82) is 0 Å². The molecular formula is C23H29N5O3. The van der Waals surface area contributed by atoms with Gasteiger partial charge in [-0.2, -0.15) is 0 Å². The predicted octanol–water partition coefficient (Wildman–Crippen LogP) is 1.76. The fourth-order valence-corrected chi connectivity index (χ4v) is 4.28. The van der Waals surface area contributed by atoms with Gasteiger partial charge in [-0.15, -0.1) is 0 Å². The van der Waals surface area contributed by atoms with E-state index in [1.807, 2.05) is 47.1 Å². The molecule has 0 unspecified atom stereocenters. The monoisotopic (exact) mass is 423 g/mol. The van der Waals surface area contributed by atoms with E-state index in [4.69, 9.17) is 9.72 Å². The summed E-state index contributed by atoms with van der Waals surface area (Å²) in [7, 11) is 3.16. The molecule has 8 nitrogen and oxygen atoms in total. The average molecular weight is 424 g/mol. The molecule has 1 aliphatic rings. The molecule has 8 heteroatoms. The van der Waals surface area contributed by atoms with Gasteiger partial charge in [0.1, 0.15) is 5.82 Å². The largest absolute Gasteiger partial charge is 0.373 e. The van der Waals surface area contributed by atoms with E-state index >= 15 is 0 Å². The summed E-state index contributed by atoms with van der Waals surface area (Å²) in [6.45, 7) is 6.79. The molecule has 164 valence electrons. The van der Waals surface area contributed by atoms with Crippen molar-refractivity contribution in [1.82, 2.24) is 23.6 Å². The topological polar surface area (TPSA) is 74.3 Å². The van der Waals surface area contributed by atoms with Crippen LogP contribution in [0, 0.1) is 0 Å². The Labute approximate surface area is 181 Å². The zero-order valence-corrected chi connectivity index (χ0v) is 18.5. The van der Waals surface area contributed by atoms with Crippen LogP contribution in [0.5, 0.6) is 0 Å². The molecule has 0 amide bonds. The van der Waals surface area contributed by atoms with Gasteiger partial charge in [-0.3, -0.25) is 18.8 Å². The van der Waals surface area contributed by atoms with Crippen LogP contribution in [0.1, 0.15) is 25.2 Å². The normalized spacial score (nSPS) is 20.1. The van der Waals surface area contributed by atoms with Crippen LogP contribution in [-0.4, -0.2) is 48.9 Å². The maximum Gasteiger partial charge on any atom is 0.332 e. The van der Waals surface area contributed by atoms with Crippen LogP contribution in [0.3, 0.4) is 0 Å². The lowest BCUT2D eigenvalue weighted by atomic mass is 10.2. The number of nitrogens with zero attached hydrogens (tertiary/aromatic N) is 5. The van der Waals surface area contributed by atoms with Gasteiger partial charge >= 0.3 is 5.69 Å². The summed E-state index contributed by atoms with van der Waals surface area (Å²) in [5.74, 6) is 0.771. The van der Waals surface area contributed by atoms with E-state index in [9.17, 15) is 9.59 Å². The standard InChI is InChI=1S/C23H29N5O3/c1-16-13-27(14-17(2)31-16)15-19-24-21-20(22(29)26(4)23(30)25(21)3)28(19)12-8-11-18-9-6-5-7-10-18/h5-11,16-17H,12-15H2,1-4H3/b11-8+/t16-,17-/m0/s1. The van der Waals surface area contributed by atoms with Crippen molar-refractivity contribution in [2.24, 2.45) is 14.1 Å². The molecule has 31 heavy (non-hydrogen) atoms. The summed E-state index contributed by atoms with van der Waals surface area (Å²) in [5, 5.41) is 0. The average Bonchev–Trinajstić information content (AvgIpc) is 3.09. The SMILES string of the molecule is C[C@H]1CN(Cc2nc3c(c(=O)n(C)c(=O)n3C)n2C/C=C/c2ccccc2)C[C@H](C)O1. The van der Waals surface area contributed by atoms with Crippen LogP contribution in [0.2, 0.25) is 0 Å². The van der Waals surface area contributed by atoms with Gasteiger partial charge in [0.05, 0.1) is 18.8 Å². The summed E-state index contributed by atoms with van der Waals surface area (Å²) in [6.07, 6.45) is 4.32. The summed E-state index contributed by atoms with van der Waals surface area (Å²) >= 11 is 0. The van der Waals surface area contributed by atoms with E-state index in [-0.39, 0.29) is 23.5 Å². The third-order valence-electron chi connectivity index (χ3n) is 5.69. The van der Waals surface area contributed by atoms with Gasteiger partial charge in [-0.25, -0.2) is 9.78 Å². The van der Waals surface area contributed by atoms with Gasteiger partial charge in [0.25, 0.3) is 5.56 Å². The van der Waals surface area contributed by atoms with E-state index in [0.29, 0.717) is 24.3 Å². The van der Waals surface area contributed by atoms with Gasteiger partial charge in [-0.05, 0) is 19.4 Å². The van der Waals surface area contributed by atoms with Crippen molar-refractivity contribution in [2.75, 3.05) is 13.1 Å². The van der Waals surface area contributed by atoms with E-state index in [1.165, 1.54) is 11.6 Å². The Bertz CT molecular complexity index is 1210. The zero-order valence-electron chi connectivity index (χ0n) is 18.5. The molecule has 0 bridgehead atoms. The van der Waals surface area contributed by atoms with Gasteiger partial charge in [-0.1, -0.05) is 42.5 Å². The maximum absolute atomic E-state index is 13.0. The molecule has 2 aromatic heterocycles. The van der Waals surface area contributed by atoms with Crippen LogP contribution in [-0.2, 0) is 31.9 Å². The smallest absolute Gasteiger partial charge is 0.332 e. The van der Waals surface area contributed by atoms with Crippen molar-refractivity contribution >= 4 is 17.2 Å². The van der Waals surface area contributed by atoms with Crippen molar-refractivity contribution in [3.63, 3.8) is 0 Å². The minimum Gasteiger partial charge on any atom is -0.373 e. The molecule has 3 heterocycles. The maximum atomic E-state index is 13.0. The molecule has 1 saturated heterocycles. The highest BCUT2D eigenvalue weighted by atomic mass is 16.5. The first-order valence-electron chi connectivity index (χ1n) is 10.6. The molecule has 0 spiro atoms. The van der Waals surface area contributed by atoms with E-state index in [1.54, 1.807) is 7.05 Å². The second-order valence-corrected chi connectivity index (χ2v) is 8.28. The van der Waals surface area contributed by atoms with Gasteiger partial charge in [0, 0.05) is 33.7 Å². The first-order valence-corrected chi connectivity index (χ1v) is 10.6. The van der Waals surface area contributed by atoms with Crippen LogP contribution in [0.25, 0.3) is 17.2 Å². The molecule has 1 aliphatic heterocycles. The lowest BCUT2D eigenvalue weighted by Crippen LogP contribution is -2.45. The fourth-order valence-electron chi connectivity index (χ4n) is 4.28. The Kier molecular flexibility index (Phi) is 5.93. The van der Waals surface area contributed by atoms with Crippen LogP contribution < -0.4 is 11.2 Å². The molecule has 1 fully saturated rings. The number of imidazole rings is 1. The number of rotatable bonds is 5. The van der Waals surface area contributed by atoms with Gasteiger partial charge in [0.2, 0.25) is 0 Å². The van der Waals surface area contributed by atoms with Crippen LogP contribution in [0.15, 0.2) is 46.0 Å². The zero-order chi connectivity index (χ0) is 22.1. The molecule has 0 saturated carbocycles. The Morgan fingerprint density at radius 3 is 2.42 bits per heavy atom. The van der Waals surface area contributed by atoms with E-state index in [0.717, 1.165) is 29.0 Å². The summed E-state index contributed by atoms with van der Waals surface area (Å²) in [5.41, 5.74) is 1.26. The van der Waals surface area contributed by atoms with Crippen LogP contribution in [0.4, 0.5) is 0 Å². The fraction of sp³-hybridized carbons (Fsp3) is 0.435. The van der Waals surface area contributed by atoms with Gasteiger partial charge < -0.3 is 9.30 Å². The minimum absolute atomic E-state index is 0.136. The highest BCUT2D eigenvalue weighted by Gasteiger charge is 2.25. The molecule has 4 rings (SSSR count). The number of aromatic nitrogens is 4. The first kappa shape index (κ1) is 21.3. The number of hydrogen-bond acceptors (Lipinski definition) is 5. The molecule has 0 radical (unpaired) electrons. The summed E-state index contributed by atoms with van der Waals surface area (Å²) in [4.78, 5) is 32.5. The molecular weight excluding hydrogens is 394 g/mol. The second kappa shape index (κ2) is 8.64. The summed E-state index contributed by atoms with van der Waals surface area (Å²) in [6, 6.07) is 10.0. The molecule has 1 aromatic carbocycles.